The number of rotatable bonds is 20. The van der Waals surface area contributed by atoms with Gasteiger partial charge in [0.15, 0.2) is 0 Å². The highest BCUT2D eigenvalue weighted by Crippen LogP contribution is 2.25. The van der Waals surface area contributed by atoms with Crippen molar-refractivity contribution in [2.75, 3.05) is 82.2 Å². The van der Waals surface area contributed by atoms with Crippen molar-refractivity contribution >= 4 is 70.9 Å². The summed E-state index contributed by atoms with van der Waals surface area (Å²) in [6.45, 7) is 24.1. The molecule has 0 spiro atoms. The average Bonchev–Trinajstić information content (AvgIpc) is 0.813. The first kappa shape index (κ1) is 90.4. The van der Waals surface area contributed by atoms with Crippen LogP contribution in [0.2, 0.25) is 0 Å². The Balaban J connectivity index is 1.99. The zero-order chi connectivity index (χ0) is 79.6. The number of ether oxygens (including phenoxy) is 1. The van der Waals surface area contributed by atoms with Crippen molar-refractivity contribution in [3.05, 3.63) is 71.8 Å². The zero-order valence-electron chi connectivity index (χ0n) is 67.4. The third-order valence-electron chi connectivity index (χ3n) is 20.1. The molecule has 594 valence electrons. The van der Waals surface area contributed by atoms with Gasteiger partial charge in [-0.2, -0.15) is 0 Å². The van der Waals surface area contributed by atoms with Gasteiger partial charge in [0.25, 0.3) is 0 Å². The van der Waals surface area contributed by atoms with Gasteiger partial charge in [-0.3, -0.25) is 57.5 Å². The Labute approximate surface area is 631 Å². The lowest BCUT2D eigenvalue weighted by Gasteiger charge is -2.38. The first-order valence-electron chi connectivity index (χ1n) is 38.4. The van der Waals surface area contributed by atoms with Crippen molar-refractivity contribution in [1.29, 1.82) is 0 Å². The van der Waals surface area contributed by atoms with Gasteiger partial charge in [-0.25, -0.2) is 0 Å². The van der Waals surface area contributed by atoms with Crippen LogP contribution in [0, 0.1) is 29.6 Å². The topological polar surface area (TPSA) is 308 Å². The molecule has 2 aliphatic heterocycles. The Kier molecular flexibility index (Phi) is 36.8. The summed E-state index contributed by atoms with van der Waals surface area (Å²) in [6.07, 6.45) is 2.82. The van der Waals surface area contributed by atoms with Crippen molar-refractivity contribution in [3.63, 3.8) is 0 Å². The standard InChI is InChI=1S/C80H130N12O14/c1-51(2)43-61-73(99)84-69(55(9)10)79(105)91(20)66(48-57-35-26-22-27-36-57)78(104)89(18)64(47-56-33-24-21-25-34-56)72(98)83-60(50-106-80(11,12)13)75(101)87(16)62(44-52(3)4)70(96)81-58(37-28-31-42-93)74(100)90(19)65(46-54(7)8)77(103)88(17)63(45-53(5)6)71(97)82-59(76(102)92-40-29-23-30-41-92)49-68(95)85(14)39-32-38-67(94)86(61)15/h21-22,24-27,33-36,51-55,58-66,69,93H,23,28-32,37-50H2,1-20H3,(H,81,96)(H,82,97)(H,83,98)(H,84,99)/t58-,59-,60-,61-,62-,63-,64-,65-,66-,69-/m0/s1. The van der Waals surface area contributed by atoms with E-state index >= 15 is 38.4 Å². The number of hydrogen-bond acceptors (Lipinski definition) is 14. The number of carbonyl (C=O) groups is 12. The van der Waals surface area contributed by atoms with E-state index < -0.39 is 156 Å². The molecule has 2 heterocycles. The van der Waals surface area contributed by atoms with E-state index in [4.69, 9.17) is 4.74 Å². The third-order valence-corrected chi connectivity index (χ3v) is 20.1. The lowest BCUT2D eigenvalue weighted by molar-refractivity contribution is -0.151. The monoisotopic (exact) mass is 1480 g/mol. The molecular weight excluding hydrogens is 1350 g/mol. The maximum absolute atomic E-state index is 15.7. The van der Waals surface area contributed by atoms with E-state index in [9.17, 15) is 24.3 Å². The SMILES string of the molecule is CC(C)C[C@H]1C(=O)N[C@@H](C(C)C)C(=O)N(C)[C@@H](Cc2ccccc2)C(=O)N(C)[C@@H](Cc2ccccc2)C(=O)N[C@@H](COC(C)(C)C)C(=O)N(C)[C@@H](CC(C)C)C(=O)N[C@@H](CCCCO)C(=O)N(C)[C@@H](CC(C)C)C(=O)N(C)[C@@H](CC(C)C)C(=O)N[C@H](C(=O)N2CCCCC2)CC(=O)N(C)CCCC(=O)N1C. The van der Waals surface area contributed by atoms with E-state index in [0.717, 1.165) is 19.3 Å². The van der Waals surface area contributed by atoms with E-state index in [2.05, 4.69) is 21.3 Å². The third kappa shape index (κ3) is 27.7. The highest BCUT2D eigenvalue weighted by molar-refractivity contribution is 6.00. The van der Waals surface area contributed by atoms with Gasteiger partial charge in [-0.05, 0) is 132 Å². The molecular formula is C80H130N12O14. The highest BCUT2D eigenvalue weighted by atomic mass is 16.5. The summed E-state index contributed by atoms with van der Waals surface area (Å²) < 4.78 is 6.28. The van der Waals surface area contributed by atoms with Crippen molar-refractivity contribution < 1.29 is 67.4 Å². The Morgan fingerprint density at radius 1 is 0.462 bits per heavy atom. The van der Waals surface area contributed by atoms with Crippen LogP contribution in [-0.2, 0) is 75.1 Å². The fourth-order valence-corrected chi connectivity index (χ4v) is 13.6. The molecule has 2 aromatic carbocycles. The number of aliphatic hydroxyl groups excluding tert-OH is 1. The van der Waals surface area contributed by atoms with Crippen LogP contribution in [0.25, 0.3) is 0 Å². The number of likely N-dealkylation sites (N-methyl/N-ethyl adjacent to an activating group) is 6. The van der Waals surface area contributed by atoms with E-state index in [1.54, 1.807) is 94.1 Å². The second-order valence-corrected chi connectivity index (χ2v) is 32.3. The largest absolute Gasteiger partial charge is 0.396 e. The number of unbranched alkanes of at least 4 members (excludes halogenated alkanes) is 1. The number of nitrogens with one attached hydrogen (secondary N) is 4. The number of aliphatic hydroxyl groups is 1. The Morgan fingerprint density at radius 2 is 0.877 bits per heavy atom. The lowest BCUT2D eigenvalue weighted by atomic mass is 9.96. The summed E-state index contributed by atoms with van der Waals surface area (Å²) in [5, 5.41) is 21.7. The average molecular weight is 1480 g/mol. The molecule has 26 nitrogen and oxygen atoms in total. The van der Waals surface area contributed by atoms with Crippen LogP contribution in [0.3, 0.4) is 0 Å². The second kappa shape index (κ2) is 43.1. The van der Waals surface area contributed by atoms with Gasteiger partial charge in [0, 0.05) is 94.8 Å². The van der Waals surface area contributed by atoms with Gasteiger partial charge in [-0.1, -0.05) is 130 Å². The van der Waals surface area contributed by atoms with E-state index in [-0.39, 0.29) is 107 Å². The molecule has 5 N–H and O–H groups in total. The minimum atomic E-state index is -1.49. The molecule has 106 heavy (non-hydrogen) atoms. The zero-order valence-corrected chi connectivity index (χ0v) is 67.4. The summed E-state index contributed by atoms with van der Waals surface area (Å²) in [4.78, 5) is 192. The predicted molar refractivity (Wildman–Crippen MR) is 409 cm³/mol. The fourth-order valence-electron chi connectivity index (χ4n) is 13.6. The molecule has 0 saturated carbocycles. The van der Waals surface area contributed by atoms with Crippen LogP contribution in [0.15, 0.2) is 60.7 Å². The van der Waals surface area contributed by atoms with Gasteiger partial charge in [0.2, 0.25) is 70.9 Å². The molecule has 2 aromatic rings. The molecule has 0 unspecified atom stereocenters. The minimum absolute atomic E-state index is 0.00515. The van der Waals surface area contributed by atoms with Crippen LogP contribution in [0.4, 0.5) is 0 Å². The summed E-state index contributed by atoms with van der Waals surface area (Å²) >= 11 is 0. The molecule has 2 saturated heterocycles. The van der Waals surface area contributed by atoms with Crippen LogP contribution in [0.1, 0.15) is 185 Å². The van der Waals surface area contributed by atoms with Crippen molar-refractivity contribution in [3.8, 4) is 0 Å². The number of amides is 12. The van der Waals surface area contributed by atoms with Crippen molar-refractivity contribution in [1.82, 2.24) is 60.5 Å². The number of piperidine rings is 1. The predicted octanol–water partition coefficient (Wildman–Crippen LogP) is 5.85. The fraction of sp³-hybridized carbons (Fsp3) is 0.700. The van der Waals surface area contributed by atoms with Gasteiger partial charge in [-0.15, -0.1) is 0 Å². The molecule has 12 amide bonds. The molecule has 4 rings (SSSR count). The normalized spacial score (nSPS) is 24.5. The Bertz CT molecular complexity index is 3210. The molecule has 2 fully saturated rings. The first-order chi connectivity index (χ1) is 49.7. The number of carbonyl (C=O) groups excluding carboxylic acids is 12. The van der Waals surface area contributed by atoms with E-state index in [1.165, 1.54) is 83.6 Å². The van der Waals surface area contributed by atoms with Crippen LogP contribution >= 0.6 is 0 Å². The second-order valence-electron chi connectivity index (χ2n) is 32.3. The van der Waals surface area contributed by atoms with Crippen LogP contribution < -0.4 is 21.3 Å². The smallest absolute Gasteiger partial charge is 0.247 e. The summed E-state index contributed by atoms with van der Waals surface area (Å²) in [5.41, 5.74) is 0.450. The number of hydrogen-bond donors (Lipinski definition) is 5. The molecule has 0 aliphatic carbocycles. The molecule has 0 aromatic heterocycles. The lowest BCUT2D eigenvalue weighted by Crippen LogP contribution is -2.62. The van der Waals surface area contributed by atoms with Crippen LogP contribution in [0.5, 0.6) is 0 Å². The molecule has 0 bridgehead atoms. The number of nitrogens with zero attached hydrogens (tertiary/aromatic N) is 8. The van der Waals surface area contributed by atoms with Gasteiger partial charge < -0.3 is 70.3 Å². The van der Waals surface area contributed by atoms with Gasteiger partial charge >= 0.3 is 0 Å². The maximum atomic E-state index is 15.7. The minimum Gasteiger partial charge on any atom is -0.396 e. The highest BCUT2D eigenvalue weighted by Gasteiger charge is 2.44. The summed E-state index contributed by atoms with van der Waals surface area (Å²) in [7, 11) is 10.3. The molecule has 2 aliphatic rings. The quantitative estimate of drug-likeness (QED) is 0.0973. The Morgan fingerprint density at radius 3 is 1.38 bits per heavy atom. The molecule has 26 heteroatoms. The first-order valence-corrected chi connectivity index (χ1v) is 38.4. The van der Waals surface area contributed by atoms with Gasteiger partial charge in [0.05, 0.1) is 18.6 Å². The number of benzene rings is 2. The van der Waals surface area contributed by atoms with Gasteiger partial charge in [0.1, 0.15) is 60.4 Å². The summed E-state index contributed by atoms with van der Waals surface area (Å²) in [6, 6.07) is 5.14. The Hall–Kier alpha value is -8.00. The summed E-state index contributed by atoms with van der Waals surface area (Å²) in [5.74, 6) is -8.80. The molecule has 0 radical (unpaired) electrons. The number of likely N-dealkylation sites (tertiary alicyclic amines) is 1. The maximum Gasteiger partial charge on any atom is 0.247 e. The van der Waals surface area contributed by atoms with E-state index in [1.807, 2.05) is 61.5 Å². The van der Waals surface area contributed by atoms with E-state index in [0.29, 0.717) is 24.2 Å². The van der Waals surface area contributed by atoms with Crippen LogP contribution in [-0.4, -0.2) is 263 Å². The van der Waals surface area contributed by atoms with Crippen molar-refractivity contribution in [2.45, 2.75) is 252 Å². The molecule has 10 atom stereocenters. The van der Waals surface area contributed by atoms with Crippen molar-refractivity contribution in [2.24, 2.45) is 29.6 Å².